The maximum atomic E-state index is 13.6. The monoisotopic (exact) mass is 613 g/mol. The molecule has 0 saturated carbocycles. The van der Waals surface area contributed by atoms with Crippen molar-refractivity contribution in [2.45, 2.75) is 13.0 Å². The summed E-state index contributed by atoms with van der Waals surface area (Å²) in [5.74, 6) is 0.240. The molecule has 1 atom stereocenters. The Labute approximate surface area is 234 Å². The van der Waals surface area contributed by atoms with Gasteiger partial charge in [0.25, 0.3) is 5.56 Å². The smallest absolute Gasteiger partial charge is 0.346 e. The van der Waals surface area contributed by atoms with Gasteiger partial charge in [-0.25, -0.2) is 9.78 Å². The van der Waals surface area contributed by atoms with Gasteiger partial charge in [-0.1, -0.05) is 35.3 Å². The summed E-state index contributed by atoms with van der Waals surface area (Å²) in [5, 5.41) is 6.51. The van der Waals surface area contributed by atoms with Crippen molar-refractivity contribution < 1.29 is 18.7 Å². The number of nitrogens with zero attached hydrogens (tertiary/aromatic N) is 3. The fourth-order valence-electron chi connectivity index (χ4n) is 3.83. The topological polar surface area (TPSA) is 95.9 Å². The molecule has 11 heteroatoms. The van der Waals surface area contributed by atoms with E-state index in [1.807, 2.05) is 0 Å². The van der Waals surface area contributed by atoms with Gasteiger partial charge < -0.3 is 13.9 Å². The third-order valence-corrected chi connectivity index (χ3v) is 6.67. The Morgan fingerprint density at radius 2 is 1.92 bits per heavy atom. The average molecular weight is 615 g/mol. The number of hydrogen-bond donors (Lipinski definition) is 0. The number of ether oxygens (including phenoxy) is 2. The average Bonchev–Trinajstić information content (AvgIpc) is 3.32. The Bertz CT molecular complexity index is 1800. The molecular formula is C27H18BrCl2N3O5. The van der Waals surface area contributed by atoms with Crippen molar-refractivity contribution in [1.29, 1.82) is 0 Å². The van der Waals surface area contributed by atoms with Crippen molar-refractivity contribution in [3.8, 4) is 17.3 Å². The van der Waals surface area contributed by atoms with Gasteiger partial charge >= 0.3 is 5.97 Å². The first-order valence-electron chi connectivity index (χ1n) is 11.2. The minimum Gasteiger partial charge on any atom is -0.477 e. The van der Waals surface area contributed by atoms with Crippen molar-refractivity contribution in [1.82, 2.24) is 9.66 Å². The highest BCUT2D eigenvalue weighted by Crippen LogP contribution is 2.33. The van der Waals surface area contributed by atoms with Crippen LogP contribution in [0.1, 0.15) is 12.5 Å². The Kier molecular flexibility index (Phi) is 7.25. The fraction of sp³-hybridized carbons (Fsp3) is 0.111. The number of carbonyl (C=O) groups excluding carboxylic acids is 1. The number of benzene rings is 3. The fourth-order valence-corrected chi connectivity index (χ4v) is 4.93. The summed E-state index contributed by atoms with van der Waals surface area (Å²) in [6.45, 7) is 1.55. The van der Waals surface area contributed by atoms with E-state index < -0.39 is 17.6 Å². The number of hydrogen-bond acceptors (Lipinski definition) is 7. The molecule has 0 unspecified atom stereocenters. The van der Waals surface area contributed by atoms with Gasteiger partial charge in [0.1, 0.15) is 11.3 Å². The molecule has 38 heavy (non-hydrogen) atoms. The standard InChI is InChI=1S/C27H18BrCl2N3O5/c1-14(27(35)36-2)37-24-16(10-18(30)12-20(24)28)13-31-33-25(32-21-6-4-3-5-19(21)26(33)34)23-11-15-9-17(29)7-8-22(15)38-23/h3-14H,1-2H3/t14-/m0/s1. The lowest BCUT2D eigenvalue weighted by Gasteiger charge is -2.16. The van der Waals surface area contributed by atoms with Gasteiger partial charge in [-0.15, -0.1) is 0 Å². The van der Waals surface area contributed by atoms with E-state index in [1.165, 1.54) is 13.3 Å². The zero-order valence-electron chi connectivity index (χ0n) is 19.9. The second-order valence-electron chi connectivity index (χ2n) is 8.20. The van der Waals surface area contributed by atoms with Gasteiger partial charge in [-0.05, 0) is 71.4 Å². The highest BCUT2D eigenvalue weighted by molar-refractivity contribution is 9.10. The SMILES string of the molecule is COC(=O)[C@H](C)Oc1c(Br)cc(Cl)cc1C=Nn1c(-c2cc3cc(Cl)ccc3o2)nc2ccccc2c1=O. The van der Waals surface area contributed by atoms with E-state index in [9.17, 15) is 9.59 Å². The van der Waals surface area contributed by atoms with Crippen LogP contribution in [0.15, 0.2) is 79.4 Å². The number of para-hydroxylation sites is 1. The molecule has 0 amide bonds. The zero-order valence-corrected chi connectivity index (χ0v) is 23.0. The van der Waals surface area contributed by atoms with E-state index in [-0.39, 0.29) is 11.6 Å². The molecule has 0 aliphatic heterocycles. The van der Waals surface area contributed by atoms with Crippen LogP contribution in [0.25, 0.3) is 33.5 Å². The Hall–Kier alpha value is -3.66. The summed E-state index contributed by atoms with van der Waals surface area (Å²) >= 11 is 15.8. The second kappa shape index (κ2) is 10.6. The number of furan rings is 1. The molecule has 0 radical (unpaired) electrons. The minimum atomic E-state index is -0.910. The predicted octanol–water partition coefficient (Wildman–Crippen LogP) is 6.70. The molecule has 0 N–H and O–H groups in total. The molecule has 0 aliphatic rings. The lowest BCUT2D eigenvalue weighted by atomic mass is 10.2. The van der Waals surface area contributed by atoms with Crippen molar-refractivity contribution in [3.63, 3.8) is 0 Å². The van der Waals surface area contributed by atoms with Crippen LogP contribution in [0, 0.1) is 0 Å². The molecule has 5 aromatic rings. The molecule has 192 valence electrons. The van der Waals surface area contributed by atoms with Gasteiger partial charge in [0.05, 0.1) is 28.7 Å². The largest absolute Gasteiger partial charge is 0.477 e. The highest BCUT2D eigenvalue weighted by Gasteiger charge is 2.20. The molecule has 8 nitrogen and oxygen atoms in total. The van der Waals surface area contributed by atoms with Gasteiger partial charge in [0.2, 0.25) is 5.82 Å². The Morgan fingerprint density at radius 1 is 1.13 bits per heavy atom. The maximum absolute atomic E-state index is 13.6. The van der Waals surface area contributed by atoms with E-state index in [2.05, 4.69) is 26.0 Å². The number of carbonyl (C=O) groups is 1. The molecule has 0 bridgehead atoms. The molecular weight excluding hydrogens is 597 g/mol. The van der Waals surface area contributed by atoms with Gasteiger partial charge in [0, 0.05) is 21.0 Å². The van der Waals surface area contributed by atoms with Crippen LogP contribution in [0.5, 0.6) is 5.75 Å². The first kappa shape index (κ1) is 26.0. The van der Waals surface area contributed by atoms with Gasteiger partial charge in [-0.3, -0.25) is 4.79 Å². The molecule has 2 heterocycles. The Balaban J connectivity index is 1.68. The number of halogens is 3. The van der Waals surface area contributed by atoms with Crippen LogP contribution in [-0.2, 0) is 9.53 Å². The van der Waals surface area contributed by atoms with E-state index in [0.29, 0.717) is 42.3 Å². The number of esters is 1. The minimum absolute atomic E-state index is 0.184. The molecule has 0 saturated heterocycles. The predicted molar refractivity (Wildman–Crippen MR) is 150 cm³/mol. The zero-order chi connectivity index (χ0) is 27.0. The van der Waals surface area contributed by atoms with Gasteiger partial charge in [0.15, 0.2) is 11.9 Å². The van der Waals surface area contributed by atoms with Crippen LogP contribution in [-0.4, -0.2) is 35.1 Å². The number of fused-ring (bicyclic) bond motifs is 2. The third kappa shape index (κ3) is 5.05. The van der Waals surface area contributed by atoms with Crippen LogP contribution in [0.4, 0.5) is 0 Å². The number of methoxy groups -OCH3 is 1. The highest BCUT2D eigenvalue weighted by atomic mass is 79.9. The summed E-state index contributed by atoms with van der Waals surface area (Å²) < 4.78 is 18.2. The van der Waals surface area contributed by atoms with Crippen LogP contribution >= 0.6 is 39.1 Å². The maximum Gasteiger partial charge on any atom is 0.346 e. The summed E-state index contributed by atoms with van der Waals surface area (Å²) in [6.07, 6.45) is 0.490. The van der Waals surface area contributed by atoms with Crippen molar-refractivity contribution in [2.24, 2.45) is 5.10 Å². The van der Waals surface area contributed by atoms with Crippen molar-refractivity contribution in [3.05, 3.63) is 91.1 Å². The molecule has 3 aromatic carbocycles. The van der Waals surface area contributed by atoms with Crippen LogP contribution < -0.4 is 10.3 Å². The van der Waals surface area contributed by atoms with E-state index in [0.717, 1.165) is 10.1 Å². The van der Waals surface area contributed by atoms with E-state index in [1.54, 1.807) is 67.6 Å². The summed E-state index contributed by atoms with van der Waals surface area (Å²) in [7, 11) is 1.27. The summed E-state index contributed by atoms with van der Waals surface area (Å²) in [6, 6.07) is 17.1. The van der Waals surface area contributed by atoms with Gasteiger partial charge in [-0.2, -0.15) is 9.78 Å². The first-order chi connectivity index (χ1) is 18.2. The second-order valence-corrected chi connectivity index (χ2v) is 9.92. The molecule has 0 aliphatic carbocycles. The molecule has 0 spiro atoms. The normalized spacial score (nSPS) is 12.3. The Morgan fingerprint density at radius 3 is 2.71 bits per heavy atom. The lowest BCUT2D eigenvalue weighted by molar-refractivity contribution is -0.147. The summed E-state index contributed by atoms with van der Waals surface area (Å²) in [4.78, 5) is 30.2. The first-order valence-corrected chi connectivity index (χ1v) is 12.8. The number of aromatic nitrogens is 2. The lowest BCUT2D eigenvalue weighted by Crippen LogP contribution is -2.25. The molecule has 0 fully saturated rings. The third-order valence-electron chi connectivity index (χ3n) is 5.63. The van der Waals surface area contributed by atoms with E-state index >= 15 is 0 Å². The molecule has 5 rings (SSSR count). The van der Waals surface area contributed by atoms with E-state index in [4.69, 9.17) is 37.1 Å². The van der Waals surface area contributed by atoms with Crippen LogP contribution in [0.2, 0.25) is 10.0 Å². The summed E-state index contributed by atoms with van der Waals surface area (Å²) in [5.41, 5.74) is 1.06. The van der Waals surface area contributed by atoms with Crippen molar-refractivity contribution >= 4 is 73.2 Å². The van der Waals surface area contributed by atoms with Crippen LogP contribution in [0.3, 0.4) is 0 Å². The molecule has 2 aromatic heterocycles. The van der Waals surface area contributed by atoms with Crippen molar-refractivity contribution in [2.75, 3.05) is 7.11 Å². The number of rotatable bonds is 6. The quantitative estimate of drug-likeness (QED) is 0.156.